The third-order valence-corrected chi connectivity index (χ3v) is 2.89. The van der Waals surface area contributed by atoms with Gasteiger partial charge in [-0.05, 0) is 31.5 Å². The van der Waals surface area contributed by atoms with Crippen molar-refractivity contribution in [1.29, 1.82) is 0 Å². The molecule has 0 amide bonds. The normalized spacial score (nSPS) is 10.2. The standard InChI is InChI=1S/C16H17NO4/c1-3-20-15(18)14-11-10-13(12-8-6-5-7-9-12)17(14)16(19)21-4-2/h5-11H,3-4H2,1-2H3. The molecule has 0 saturated heterocycles. The Morgan fingerprint density at radius 1 is 0.952 bits per heavy atom. The number of rotatable bonds is 4. The van der Waals surface area contributed by atoms with E-state index in [1.165, 1.54) is 4.57 Å². The highest BCUT2D eigenvalue weighted by molar-refractivity contribution is 5.94. The summed E-state index contributed by atoms with van der Waals surface area (Å²) in [5.41, 5.74) is 1.58. The number of esters is 1. The van der Waals surface area contributed by atoms with Crippen LogP contribution in [0.15, 0.2) is 42.5 Å². The van der Waals surface area contributed by atoms with Crippen LogP contribution in [0.1, 0.15) is 24.3 Å². The Bertz CT molecular complexity index is 631. The van der Waals surface area contributed by atoms with Gasteiger partial charge in [0.2, 0.25) is 0 Å². The molecule has 0 atom stereocenters. The van der Waals surface area contributed by atoms with Gasteiger partial charge in [-0.25, -0.2) is 14.2 Å². The van der Waals surface area contributed by atoms with Gasteiger partial charge in [0.1, 0.15) is 5.69 Å². The molecule has 0 unspecified atom stereocenters. The molecule has 0 N–H and O–H groups in total. The lowest BCUT2D eigenvalue weighted by Crippen LogP contribution is -2.21. The summed E-state index contributed by atoms with van der Waals surface area (Å²) in [6, 6.07) is 12.6. The van der Waals surface area contributed by atoms with Crippen LogP contribution in [0.2, 0.25) is 0 Å². The van der Waals surface area contributed by atoms with Crippen molar-refractivity contribution in [1.82, 2.24) is 4.57 Å². The molecule has 5 nitrogen and oxygen atoms in total. The molecule has 0 aliphatic rings. The molecule has 0 saturated carbocycles. The van der Waals surface area contributed by atoms with Crippen LogP contribution in [0, 0.1) is 0 Å². The maximum atomic E-state index is 12.2. The zero-order valence-electron chi connectivity index (χ0n) is 12.0. The van der Waals surface area contributed by atoms with Crippen molar-refractivity contribution >= 4 is 12.1 Å². The van der Waals surface area contributed by atoms with Gasteiger partial charge in [0.15, 0.2) is 0 Å². The maximum Gasteiger partial charge on any atom is 0.419 e. The highest BCUT2D eigenvalue weighted by Crippen LogP contribution is 2.23. The van der Waals surface area contributed by atoms with E-state index in [-0.39, 0.29) is 18.9 Å². The minimum absolute atomic E-state index is 0.161. The molecule has 1 aromatic heterocycles. The quantitative estimate of drug-likeness (QED) is 0.809. The van der Waals surface area contributed by atoms with E-state index in [1.54, 1.807) is 26.0 Å². The van der Waals surface area contributed by atoms with E-state index >= 15 is 0 Å². The number of nitrogens with zero attached hydrogens (tertiary/aromatic N) is 1. The van der Waals surface area contributed by atoms with E-state index in [9.17, 15) is 9.59 Å². The minimum atomic E-state index is -0.593. The first-order valence-electron chi connectivity index (χ1n) is 6.80. The maximum absolute atomic E-state index is 12.2. The van der Waals surface area contributed by atoms with E-state index in [2.05, 4.69) is 0 Å². The molecule has 0 radical (unpaired) electrons. The molecule has 0 bridgehead atoms. The second-order valence-corrected chi connectivity index (χ2v) is 4.22. The van der Waals surface area contributed by atoms with Crippen molar-refractivity contribution in [2.45, 2.75) is 13.8 Å². The molecular weight excluding hydrogens is 270 g/mol. The molecule has 0 aliphatic heterocycles. The van der Waals surface area contributed by atoms with Crippen molar-refractivity contribution in [3.05, 3.63) is 48.2 Å². The van der Waals surface area contributed by atoms with Gasteiger partial charge in [-0.15, -0.1) is 0 Å². The first-order chi connectivity index (χ1) is 10.2. The van der Waals surface area contributed by atoms with Crippen LogP contribution in [-0.2, 0) is 9.47 Å². The SMILES string of the molecule is CCOC(=O)c1ccc(-c2ccccc2)n1C(=O)OCC. The summed E-state index contributed by atoms with van der Waals surface area (Å²) in [5.74, 6) is -0.548. The molecule has 0 fully saturated rings. The summed E-state index contributed by atoms with van der Waals surface area (Å²) in [4.78, 5) is 24.1. The van der Waals surface area contributed by atoms with E-state index in [4.69, 9.17) is 9.47 Å². The Labute approximate surface area is 123 Å². The summed E-state index contributed by atoms with van der Waals surface area (Å²) in [6.07, 6.45) is -0.593. The highest BCUT2D eigenvalue weighted by Gasteiger charge is 2.22. The van der Waals surface area contributed by atoms with Crippen LogP contribution in [0.25, 0.3) is 11.3 Å². The molecule has 5 heteroatoms. The lowest BCUT2D eigenvalue weighted by molar-refractivity contribution is 0.0511. The van der Waals surface area contributed by atoms with Gasteiger partial charge in [-0.3, -0.25) is 0 Å². The zero-order chi connectivity index (χ0) is 15.2. The Kier molecular flexibility index (Phi) is 4.77. The molecule has 0 spiro atoms. The lowest BCUT2D eigenvalue weighted by Gasteiger charge is -2.11. The van der Waals surface area contributed by atoms with Crippen molar-refractivity contribution < 1.29 is 19.1 Å². The fourth-order valence-corrected chi connectivity index (χ4v) is 2.02. The van der Waals surface area contributed by atoms with Crippen LogP contribution in [0.3, 0.4) is 0 Å². The van der Waals surface area contributed by atoms with Crippen molar-refractivity contribution in [2.24, 2.45) is 0 Å². The minimum Gasteiger partial charge on any atom is -0.461 e. The number of hydrogen-bond donors (Lipinski definition) is 0. The number of hydrogen-bond acceptors (Lipinski definition) is 4. The first kappa shape index (κ1) is 14.8. The molecule has 21 heavy (non-hydrogen) atoms. The van der Waals surface area contributed by atoms with E-state index < -0.39 is 12.1 Å². The van der Waals surface area contributed by atoms with Gasteiger partial charge in [0, 0.05) is 0 Å². The average molecular weight is 287 g/mol. The van der Waals surface area contributed by atoms with Gasteiger partial charge < -0.3 is 9.47 Å². The van der Waals surface area contributed by atoms with Gasteiger partial charge in [0.25, 0.3) is 0 Å². The summed E-state index contributed by atoms with van der Waals surface area (Å²) in [5, 5.41) is 0. The van der Waals surface area contributed by atoms with Gasteiger partial charge >= 0.3 is 12.1 Å². The summed E-state index contributed by atoms with van der Waals surface area (Å²) >= 11 is 0. The van der Waals surface area contributed by atoms with Crippen LogP contribution < -0.4 is 0 Å². The summed E-state index contributed by atoms with van der Waals surface area (Å²) in [6.45, 7) is 3.91. The second kappa shape index (κ2) is 6.74. The third-order valence-electron chi connectivity index (χ3n) is 2.89. The predicted molar refractivity (Wildman–Crippen MR) is 78.2 cm³/mol. The van der Waals surface area contributed by atoms with E-state index in [1.807, 2.05) is 30.3 Å². The van der Waals surface area contributed by atoms with Crippen molar-refractivity contribution in [3.8, 4) is 11.3 Å². The fraction of sp³-hybridized carbons (Fsp3) is 0.250. The van der Waals surface area contributed by atoms with E-state index in [0.717, 1.165) is 5.56 Å². The second-order valence-electron chi connectivity index (χ2n) is 4.22. The van der Waals surface area contributed by atoms with Crippen LogP contribution in [0.5, 0.6) is 0 Å². The van der Waals surface area contributed by atoms with Crippen LogP contribution in [-0.4, -0.2) is 29.8 Å². The average Bonchev–Trinajstić information content (AvgIpc) is 2.93. The molecule has 1 heterocycles. The largest absolute Gasteiger partial charge is 0.461 e. The predicted octanol–water partition coefficient (Wildman–Crippen LogP) is 3.34. The fourth-order valence-electron chi connectivity index (χ4n) is 2.02. The van der Waals surface area contributed by atoms with Crippen LogP contribution >= 0.6 is 0 Å². The highest BCUT2D eigenvalue weighted by atomic mass is 16.6. The Hall–Kier alpha value is -2.56. The summed E-state index contributed by atoms with van der Waals surface area (Å²) in [7, 11) is 0. The third kappa shape index (κ3) is 3.13. The van der Waals surface area contributed by atoms with Gasteiger partial charge in [-0.2, -0.15) is 0 Å². The molecule has 2 aromatic rings. The number of benzene rings is 1. The Balaban J connectivity index is 2.51. The number of aromatic nitrogens is 1. The smallest absolute Gasteiger partial charge is 0.419 e. The molecule has 1 aromatic carbocycles. The van der Waals surface area contributed by atoms with Crippen molar-refractivity contribution in [3.63, 3.8) is 0 Å². The number of ether oxygens (including phenoxy) is 2. The number of carbonyl (C=O) groups excluding carboxylic acids is 2. The monoisotopic (exact) mass is 287 g/mol. The molecule has 2 rings (SSSR count). The lowest BCUT2D eigenvalue weighted by atomic mass is 10.1. The summed E-state index contributed by atoms with van der Waals surface area (Å²) < 4.78 is 11.3. The first-order valence-corrected chi connectivity index (χ1v) is 6.80. The van der Waals surface area contributed by atoms with Gasteiger partial charge in [-0.1, -0.05) is 30.3 Å². The molecular formula is C16H17NO4. The van der Waals surface area contributed by atoms with Crippen LogP contribution in [0.4, 0.5) is 4.79 Å². The zero-order valence-corrected chi connectivity index (χ0v) is 12.0. The topological polar surface area (TPSA) is 57.5 Å². The Morgan fingerprint density at radius 2 is 1.62 bits per heavy atom. The number of carbonyl (C=O) groups is 2. The van der Waals surface area contributed by atoms with Crippen molar-refractivity contribution in [2.75, 3.05) is 13.2 Å². The molecule has 0 aliphatic carbocycles. The van der Waals surface area contributed by atoms with Gasteiger partial charge in [0.05, 0.1) is 18.9 Å². The Morgan fingerprint density at radius 3 is 2.24 bits per heavy atom. The van der Waals surface area contributed by atoms with E-state index in [0.29, 0.717) is 5.69 Å². The molecule has 110 valence electrons.